The summed E-state index contributed by atoms with van der Waals surface area (Å²) in [4.78, 5) is 42.8. The van der Waals surface area contributed by atoms with Crippen LogP contribution in [0.25, 0.3) is 10.8 Å². The number of carbonyl (C=O) groups is 2. The molecule has 2 atom stereocenters. The van der Waals surface area contributed by atoms with E-state index in [9.17, 15) is 14.4 Å². The van der Waals surface area contributed by atoms with E-state index in [1.54, 1.807) is 26.4 Å². The fourth-order valence-corrected chi connectivity index (χ4v) is 5.85. The lowest BCUT2D eigenvalue weighted by Crippen LogP contribution is -2.39. The molecule has 0 saturated carbocycles. The number of fused-ring (bicyclic) bond motifs is 7. The number of likely N-dealkylation sites (tertiary alicyclic amines) is 1. The molecule has 0 radical (unpaired) electrons. The Labute approximate surface area is 237 Å². The number of hydrogen-bond donors (Lipinski definition) is 1. The van der Waals surface area contributed by atoms with E-state index in [0.29, 0.717) is 31.7 Å². The van der Waals surface area contributed by atoms with Gasteiger partial charge in [-0.3, -0.25) is 19.3 Å². The molecule has 212 valence electrons. The van der Waals surface area contributed by atoms with Crippen molar-refractivity contribution in [1.29, 1.82) is 0 Å². The molecule has 41 heavy (non-hydrogen) atoms. The predicted molar refractivity (Wildman–Crippen MR) is 153 cm³/mol. The molecule has 4 aromatic rings. The number of aromatic nitrogens is 4. The van der Waals surface area contributed by atoms with Crippen LogP contribution in [0.2, 0.25) is 0 Å². The Balaban J connectivity index is 1.26. The zero-order chi connectivity index (χ0) is 28.5. The summed E-state index contributed by atoms with van der Waals surface area (Å²) < 4.78 is 8.67. The molecule has 11 nitrogen and oxygen atoms in total. The summed E-state index contributed by atoms with van der Waals surface area (Å²) in [5, 5.41) is 14.0. The molecule has 4 heterocycles. The van der Waals surface area contributed by atoms with E-state index in [-0.39, 0.29) is 41.4 Å². The molecular formula is C30H33N7O4. The number of ether oxygens (including phenoxy) is 1. The van der Waals surface area contributed by atoms with Crippen molar-refractivity contribution in [3.8, 4) is 5.75 Å². The number of likely N-dealkylation sites (N-methyl/N-ethyl adjacent to an activating group) is 1. The van der Waals surface area contributed by atoms with Crippen molar-refractivity contribution in [2.45, 2.75) is 25.6 Å². The van der Waals surface area contributed by atoms with Gasteiger partial charge in [-0.1, -0.05) is 23.4 Å². The molecule has 0 aliphatic carbocycles. The lowest BCUT2D eigenvalue weighted by Gasteiger charge is -2.20. The Morgan fingerprint density at radius 2 is 1.88 bits per heavy atom. The number of nitrogens with zero attached hydrogens (tertiary/aromatic N) is 6. The minimum atomic E-state index is -0.381. The summed E-state index contributed by atoms with van der Waals surface area (Å²) in [5.41, 5.74) is 1.51. The fraction of sp³-hybridized carbons (Fsp3) is 0.367. The van der Waals surface area contributed by atoms with Crippen LogP contribution in [0.5, 0.6) is 5.75 Å². The van der Waals surface area contributed by atoms with Crippen LogP contribution in [-0.2, 0) is 17.9 Å². The largest absolute Gasteiger partial charge is 0.497 e. The normalized spacial score (nSPS) is 20.2. The first kappa shape index (κ1) is 26.7. The first-order valence-electron chi connectivity index (χ1n) is 13.8. The third-order valence-corrected chi connectivity index (χ3v) is 8.04. The van der Waals surface area contributed by atoms with Crippen LogP contribution in [0, 0.1) is 5.92 Å². The highest BCUT2D eigenvalue weighted by Gasteiger charge is 2.36. The van der Waals surface area contributed by atoms with Gasteiger partial charge < -0.3 is 19.5 Å². The number of benzene rings is 2. The Morgan fingerprint density at radius 1 is 1.05 bits per heavy atom. The third-order valence-electron chi connectivity index (χ3n) is 8.04. The van der Waals surface area contributed by atoms with Gasteiger partial charge in [0, 0.05) is 58.3 Å². The molecule has 6 rings (SSSR count). The van der Waals surface area contributed by atoms with Crippen molar-refractivity contribution >= 4 is 22.6 Å². The van der Waals surface area contributed by atoms with Gasteiger partial charge in [-0.25, -0.2) is 4.68 Å². The van der Waals surface area contributed by atoms with Crippen molar-refractivity contribution in [3.63, 3.8) is 0 Å². The van der Waals surface area contributed by atoms with Crippen molar-refractivity contribution in [2.24, 2.45) is 5.92 Å². The highest BCUT2D eigenvalue weighted by Crippen LogP contribution is 2.32. The van der Waals surface area contributed by atoms with Gasteiger partial charge in [-0.2, -0.15) is 0 Å². The van der Waals surface area contributed by atoms with Crippen LogP contribution < -0.4 is 15.6 Å². The van der Waals surface area contributed by atoms with Crippen LogP contribution in [0.15, 0.2) is 65.7 Å². The number of hydrogen-bond acceptors (Lipinski definition) is 7. The smallest absolute Gasteiger partial charge is 0.263 e. The van der Waals surface area contributed by atoms with Crippen LogP contribution in [0.3, 0.4) is 0 Å². The molecule has 2 amide bonds. The Bertz CT molecular complexity index is 1660. The van der Waals surface area contributed by atoms with E-state index >= 15 is 0 Å². The maximum absolute atomic E-state index is 13.1. The second kappa shape index (κ2) is 11.2. The van der Waals surface area contributed by atoms with Gasteiger partial charge in [0.15, 0.2) is 0 Å². The summed E-state index contributed by atoms with van der Waals surface area (Å²) in [7, 11) is 3.30. The third kappa shape index (κ3) is 5.58. The quantitative estimate of drug-likeness (QED) is 0.411. The van der Waals surface area contributed by atoms with Gasteiger partial charge in [-0.15, -0.1) is 5.10 Å². The molecule has 1 N–H and O–H groups in total. The summed E-state index contributed by atoms with van der Waals surface area (Å²) >= 11 is 0. The highest BCUT2D eigenvalue weighted by atomic mass is 16.5. The summed E-state index contributed by atoms with van der Waals surface area (Å²) in [6, 6.07) is 15.7. The molecule has 2 aliphatic rings. The minimum Gasteiger partial charge on any atom is -0.497 e. The number of rotatable bonds is 3. The summed E-state index contributed by atoms with van der Waals surface area (Å²) in [6.45, 7) is 3.00. The molecule has 1 saturated heterocycles. The monoisotopic (exact) mass is 555 g/mol. The van der Waals surface area contributed by atoms with Crippen molar-refractivity contribution in [3.05, 3.63) is 88.1 Å². The minimum absolute atomic E-state index is 0.0209. The molecule has 2 aromatic heterocycles. The summed E-state index contributed by atoms with van der Waals surface area (Å²) in [6.07, 6.45) is 3.84. The number of pyridine rings is 1. The van der Waals surface area contributed by atoms with Crippen molar-refractivity contribution in [1.82, 2.24) is 34.7 Å². The van der Waals surface area contributed by atoms with E-state index in [0.717, 1.165) is 29.6 Å². The Morgan fingerprint density at radius 3 is 2.73 bits per heavy atom. The first-order chi connectivity index (χ1) is 19.9. The number of carbonyl (C=O) groups excluding carboxylic acids is 2. The predicted octanol–water partition coefficient (Wildman–Crippen LogP) is 1.91. The van der Waals surface area contributed by atoms with Crippen molar-refractivity contribution in [2.75, 3.05) is 40.3 Å². The van der Waals surface area contributed by atoms with Crippen molar-refractivity contribution < 1.29 is 14.3 Å². The van der Waals surface area contributed by atoms with Gasteiger partial charge >= 0.3 is 0 Å². The second-order valence-electron chi connectivity index (χ2n) is 10.9. The van der Waals surface area contributed by atoms with Gasteiger partial charge in [-0.05, 0) is 46.7 Å². The lowest BCUT2D eigenvalue weighted by molar-refractivity contribution is -0.122. The van der Waals surface area contributed by atoms with E-state index in [1.807, 2.05) is 23.0 Å². The Kier molecular flexibility index (Phi) is 7.27. The second-order valence-corrected chi connectivity index (χ2v) is 10.9. The molecule has 0 spiro atoms. The molecule has 2 aliphatic heterocycles. The number of nitrogens with one attached hydrogen (secondary N) is 1. The SMILES string of the molecule is COc1ccc2cc(CN3C[C@@H]4CC(=O)NCCN(C)C(=O)c5cccn(c5=O)Cc5cn(nn5)[C@@H]4C3)ccc2c1. The first-order valence-corrected chi connectivity index (χ1v) is 13.8. The average molecular weight is 556 g/mol. The number of methoxy groups -OCH3 is 1. The molecule has 0 unspecified atom stereocenters. The molecule has 11 heteroatoms. The van der Waals surface area contributed by atoms with Gasteiger partial charge in [0.05, 0.1) is 25.9 Å². The van der Waals surface area contributed by atoms with Gasteiger partial charge in [0.25, 0.3) is 11.5 Å². The van der Waals surface area contributed by atoms with Gasteiger partial charge in [0.2, 0.25) is 5.91 Å². The Hall–Kier alpha value is -4.51. The van der Waals surface area contributed by atoms with E-state index in [4.69, 9.17) is 4.74 Å². The topological polar surface area (TPSA) is 115 Å². The van der Waals surface area contributed by atoms with Crippen LogP contribution in [-0.4, -0.2) is 81.5 Å². The van der Waals surface area contributed by atoms with E-state index < -0.39 is 0 Å². The molecule has 1 fully saturated rings. The van der Waals surface area contributed by atoms with E-state index in [2.05, 4.69) is 44.8 Å². The zero-order valence-corrected chi connectivity index (χ0v) is 23.2. The number of amides is 2. The fourth-order valence-electron chi connectivity index (χ4n) is 5.85. The van der Waals surface area contributed by atoms with Crippen LogP contribution >= 0.6 is 0 Å². The molecule has 2 aromatic carbocycles. The highest BCUT2D eigenvalue weighted by molar-refractivity contribution is 5.93. The lowest BCUT2D eigenvalue weighted by atomic mass is 9.99. The zero-order valence-electron chi connectivity index (χ0n) is 23.2. The van der Waals surface area contributed by atoms with Gasteiger partial charge in [0.1, 0.15) is 17.0 Å². The maximum atomic E-state index is 13.1. The molecule has 4 bridgehead atoms. The van der Waals surface area contributed by atoms with Crippen LogP contribution in [0.1, 0.15) is 34.1 Å². The average Bonchev–Trinajstić information content (AvgIpc) is 3.59. The maximum Gasteiger partial charge on any atom is 0.263 e. The molecular weight excluding hydrogens is 522 g/mol. The van der Waals surface area contributed by atoms with Crippen LogP contribution in [0.4, 0.5) is 0 Å². The standard InChI is InChI=1S/C30H33N7O4/c1-34-11-9-31-28(38)14-23-16-35(15-20-5-6-22-13-25(41-2)8-7-21(22)12-20)19-27(23)37-18-24(32-33-37)17-36-10-3-4-26(29(34)39)30(36)40/h3-8,10,12-13,18,23,27H,9,11,14-17,19H2,1-2H3,(H,31,38)/t23-,27+/m0/s1. The van der Waals surface area contributed by atoms with E-state index in [1.165, 1.54) is 21.1 Å². The summed E-state index contributed by atoms with van der Waals surface area (Å²) in [5.74, 6) is 0.400.